The molecule has 164 valence electrons. The summed E-state index contributed by atoms with van der Waals surface area (Å²) in [5.74, 6) is 0.869. The van der Waals surface area contributed by atoms with Crippen LogP contribution in [0.3, 0.4) is 0 Å². The zero-order valence-electron chi connectivity index (χ0n) is 18.0. The van der Waals surface area contributed by atoms with Crippen LogP contribution in [0.25, 0.3) is 0 Å². The average molecular weight is 414 g/mol. The van der Waals surface area contributed by atoms with E-state index >= 15 is 0 Å². The lowest BCUT2D eigenvalue weighted by Crippen LogP contribution is -2.58. The van der Waals surface area contributed by atoms with Crippen LogP contribution in [0, 0.1) is 5.92 Å². The van der Waals surface area contributed by atoms with Crippen molar-refractivity contribution in [2.24, 2.45) is 5.92 Å². The van der Waals surface area contributed by atoms with Crippen LogP contribution in [0.4, 0.5) is 0 Å². The number of piperazine rings is 1. The lowest BCUT2D eigenvalue weighted by atomic mass is 9.94. The lowest BCUT2D eigenvalue weighted by Gasteiger charge is -2.42. The number of rotatable bonds is 7. The predicted molar refractivity (Wildman–Crippen MR) is 116 cm³/mol. The summed E-state index contributed by atoms with van der Waals surface area (Å²) < 4.78 is 5.63. The third kappa shape index (κ3) is 5.22. The Balaban J connectivity index is 1.28. The third-order valence-electron chi connectivity index (χ3n) is 6.91. The lowest BCUT2D eigenvalue weighted by molar-refractivity contribution is -0.142. The molecule has 2 amide bonds. The summed E-state index contributed by atoms with van der Waals surface area (Å²) in [5.41, 5.74) is 1.08. The number of benzene rings is 1. The molecule has 0 aromatic heterocycles. The van der Waals surface area contributed by atoms with Crippen molar-refractivity contribution in [3.8, 4) is 0 Å². The zero-order valence-corrected chi connectivity index (χ0v) is 18.0. The number of nitrogens with zero attached hydrogens (tertiary/aromatic N) is 3. The zero-order chi connectivity index (χ0) is 20.8. The summed E-state index contributed by atoms with van der Waals surface area (Å²) in [6.45, 7) is 5.34. The maximum absolute atomic E-state index is 13.3. The molecule has 1 unspecified atom stereocenters. The standard InChI is InChI=1S/C24H35N3O3/c28-22(19-30-18-20-8-2-1-3-9-20)25-14-16-26(17-15-25)23(21-10-4-5-11-21)24(29)27-12-6-7-13-27/h1-3,8-9,21,23H,4-7,10-19H2. The van der Waals surface area contributed by atoms with Gasteiger partial charge >= 0.3 is 0 Å². The van der Waals surface area contributed by atoms with E-state index in [-0.39, 0.29) is 18.6 Å². The minimum Gasteiger partial charge on any atom is -0.367 e. The predicted octanol–water partition coefficient (Wildman–Crippen LogP) is 2.53. The molecule has 1 atom stereocenters. The van der Waals surface area contributed by atoms with Gasteiger partial charge in [-0.3, -0.25) is 14.5 Å². The minimum atomic E-state index is 0.0113. The van der Waals surface area contributed by atoms with Gasteiger partial charge in [-0.2, -0.15) is 0 Å². The van der Waals surface area contributed by atoms with Crippen LogP contribution in [-0.4, -0.2) is 78.4 Å². The first-order valence-electron chi connectivity index (χ1n) is 11.6. The Bertz CT molecular complexity index is 691. The van der Waals surface area contributed by atoms with E-state index in [1.807, 2.05) is 35.2 Å². The Hall–Kier alpha value is -1.92. The number of carbonyl (C=O) groups excluding carboxylic acids is 2. The third-order valence-corrected chi connectivity index (χ3v) is 6.91. The maximum Gasteiger partial charge on any atom is 0.248 e. The van der Waals surface area contributed by atoms with E-state index in [2.05, 4.69) is 9.80 Å². The maximum atomic E-state index is 13.3. The van der Waals surface area contributed by atoms with Gasteiger partial charge in [-0.15, -0.1) is 0 Å². The van der Waals surface area contributed by atoms with Crippen LogP contribution < -0.4 is 0 Å². The fraction of sp³-hybridized carbons (Fsp3) is 0.667. The monoisotopic (exact) mass is 413 g/mol. The highest BCUT2D eigenvalue weighted by Gasteiger charge is 2.39. The average Bonchev–Trinajstić information content (AvgIpc) is 3.50. The first-order chi connectivity index (χ1) is 14.7. The summed E-state index contributed by atoms with van der Waals surface area (Å²) in [6, 6.07) is 9.94. The van der Waals surface area contributed by atoms with Crippen molar-refractivity contribution in [1.29, 1.82) is 0 Å². The summed E-state index contributed by atoms with van der Waals surface area (Å²) in [5, 5.41) is 0. The fourth-order valence-corrected chi connectivity index (χ4v) is 5.22. The topological polar surface area (TPSA) is 53.1 Å². The van der Waals surface area contributed by atoms with E-state index in [4.69, 9.17) is 4.74 Å². The fourth-order valence-electron chi connectivity index (χ4n) is 5.22. The molecule has 2 aliphatic heterocycles. The molecule has 1 saturated carbocycles. The highest BCUT2D eigenvalue weighted by molar-refractivity contribution is 5.82. The van der Waals surface area contributed by atoms with Gasteiger partial charge in [0.15, 0.2) is 0 Å². The first kappa shape index (κ1) is 21.3. The number of amides is 2. The van der Waals surface area contributed by atoms with Gasteiger partial charge in [0.05, 0.1) is 12.6 Å². The van der Waals surface area contributed by atoms with Gasteiger partial charge in [-0.25, -0.2) is 0 Å². The Kier molecular flexibility index (Phi) is 7.39. The summed E-state index contributed by atoms with van der Waals surface area (Å²) in [6.07, 6.45) is 7.08. The van der Waals surface area contributed by atoms with E-state index < -0.39 is 0 Å². The molecule has 0 radical (unpaired) electrons. The second kappa shape index (κ2) is 10.4. The van der Waals surface area contributed by atoms with Gasteiger partial charge in [-0.1, -0.05) is 43.2 Å². The highest BCUT2D eigenvalue weighted by atomic mass is 16.5. The molecular weight excluding hydrogens is 378 g/mol. The molecule has 6 heteroatoms. The van der Waals surface area contributed by atoms with Gasteiger partial charge < -0.3 is 14.5 Å². The smallest absolute Gasteiger partial charge is 0.248 e. The molecule has 2 heterocycles. The van der Waals surface area contributed by atoms with Crippen LogP contribution in [-0.2, 0) is 20.9 Å². The Morgan fingerprint density at radius 1 is 0.867 bits per heavy atom. The molecule has 3 fully saturated rings. The Labute approximate surface area is 180 Å². The Morgan fingerprint density at radius 3 is 2.20 bits per heavy atom. The van der Waals surface area contributed by atoms with Gasteiger partial charge in [0.2, 0.25) is 11.8 Å². The van der Waals surface area contributed by atoms with Gasteiger partial charge in [0.25, 0.3) is 0 Å². The van der Waals surface area contributed by atoms with Crippen molar-refractivity contribution in [3.05, 3.63) is 35.9 Å². The SMILES string of the molecule is O=C(COCc1ccccc1)N1CCN(C(C(=O)N2CCCC2)C2CCCC2)CC1. The first-order valence-corrected chi connectivity index (χ1v) is 11.6. The van der Waals surface area contributed by atoms with Crippen molar-refractivity contribution < 1.29 is 14.3 Å². The molecule has 1 aromatic rings. The van der Waals surface area contributed by atoms with Crippen LogP contribution >= 0.6 is 0 Å². The molecule has 2 saturated heterocycles. The second-order valence-corrected chi connectivity index (χ2v) is 8.92. The molecule has 30 heavy (non-hydrogen) atoms. The molecule has 4 rings (SSSR count). The van der Waals surface area contributed by atoms with Crippen LogP contribution in [0.5, 0.6) is 0 Å². The highest BCUT2D eigenvalue weighted by Crippen LogP contribution is 2.32. The summed E-state index contributed by atoms with van der Waals surface area (Å²) in [7, 11) is 0. The number of carbonyl (C=O) groups is 2. The van der Waals surface area contributed by atoms with Crippen molar-refractivity contribution >= 4 is 11.8 Å². The van der Waals surface area contributed by atoms with Gasteiger partial charge in [-0.05, 0) is 37.2 Å². The molecule has 0 spiro atoms. The van der Waals surface area contributed by atoms with Gasteiger partial charge in [0.1, 0.15) is 6.61 Å². The second-order valence-electron chi connectivity index (χ2n) is 8.92. The largest absolute Gasteiger partial charge is 0.367 e. The number of hydrogen-bond acceptors (Lipinski definition) is 4. The van der Waals surface area contributed by atoms with Crippen LogP contribution in [0.15, 0.2) is 30.3 Å². The molecule has 0 N–H and O–H groups in total. The van der Waals surface area contributed by atoms with E-state index in [9.17, 15) is 9.59 Å². The van der Waals surface area contributed by atoms with E-state index in [0.29, 0.717) is 31.5 Å². The molecule has 0 bridgehead atoms. The number of hydrogen-bond donors (Lipinski definition) is 0. The normalized spacial score (nSPS) is 21.9. The Morgan fingerprint density at radius 2 is 1.53 bits per heavy atom. The molecule has 6 nitrogen and oxygen atoms in total. The van der Waals surface area contributed by atoms with Crippen molar-refractivity contribution in [2.75, 3.05) is 45.9 Å². The van der Waals surface area contributed by atoms with E-state index in [1.54, 1.807) is 0 Å². The van der Waals surface area contributed by atoms with E-state index in [1.165, 1.54) is 12.8 Å². The summed E-state index contributed by atoms with van der Waals surface area (Å²) >= 11 is 0. The molecule has 3 aliphatic rings. The minimum absolute atomic E-state index is 0.0113. The quantitative estimate of drug-likeness (QED) is 0.689. The summed E-state index contributed by atoms with van der Waals surface area (Å²) in [4.78, 5) is 32.2. The molecule has 1 aliphatic carbocycles. The number of ether oxygens (including phenoxy) is 1. The van der Waals surface area contributed by atoms with E-state index in [0.717, 1.165) is 57.4 Å². The van der Waals surface area contributed by atoms with Crippen LogP contribution in [0.2, 0.25) is 0 Å². The van der Waals surface area contributed by atoms with Crippen LogP contribution in [0.1, 0.15) is 44.1 Å². The van der Waals surface area contributed by atoms with Crippen molar-refractivity contribution in [1.82, 2.24) is 14.7 Å². The van der Waals surface area contributed by atoms with Crippen molar-refractivity contribution in [3.63, 3.8) is 0 Å². The van der Waals surface area contributed by atoms with Gasteiger partial charge in [0, 0.05) is 39.3 Å². The molecule has 1 aromatic carbocycles. The molecular formula is C24H35N3O3. The van der Waals surface area contributed by atoms with Crippen molar-refractivity contribution in [2.45, 2.75) is 51.2 Å². The number of likely N-dealkylation sites (tertiary alicyclic amines) is 1.